The first-order valence-corrected chi connectivity index (χ1v) is 11.4. The SMILES string of the molecule is COc1cc(/C=C/C(=O)/C=C/c2ccc(OCn3cnc4ccccc4c3=O)cc2)cc(OC)c1OC. The lowest BCUT2D eigenvalue weighted by molar-refractivity contribution is -0.110. The average molecular weight is 499 g/mol. The Kier molecular flexibility index (Phi) is 8.00. The number of nitrogens with zero attached hydrogens (tertiary/aromatic N) is 2. The lowest BCUT2D eigenvalue weighted by atomic mass is 10.1. The fourth-order valence-corrected chi connectivity index (χ4v) is 3.63. The first kappa shape index (κ1) is 25.2. The van der Waals surface area contributed by atoms with Gasteiger partial charge < -0.3 is 18.9 Å². The second-order valence-electron chi connectivity index (χ2n) is 7.91. The lowest BCUT2D eigenvalue weighted by Crippen LogP contribution is -2.23. The van der Waals surface area contributed by atoms with Gasteiger partial charge in [0.05, 0.1) is 32.2 Å². The van der Waals surface area contributed by atoms with Crippen molar-refractivity contribution in [3.8, 4) is 23.0 Å². The van der Waals surface area contributed by atoms with E-state index >= 15 is 0 Å². The Balaban J connectivity index is 1.37. The van der Waals surface area contributed by atoms with Crippen LogP contribution in [0.1, 0.15) is 11.1 Å². The fraction of sp³-hybridized carbons (Fsp3) is 0.138. The van der Waals surface area contributed by atoms with Gasteiger partial charge in [0, 0.05) is 0 Å². The monoisotopic (exact) mass is 498 g/mol. The third kappa shape index (κ3) is 6.05. The van der Waals surface area contributed by atoms with Gasteiger partial charge in [-0.1, -0.05) is 36.4 Å². The van der Waals surface area contributed by atoms with Gasteiger partial charge in [-0.05, 0) is 59.7 Å². The van der Waals surface area contributed by atoms with E-state index in [-0.39, 0.29) is 18.1 Å². The summed E-state index contributed by atoms with van der Waals surface area (Å²) in [7, 11) is 4.61. The van der Waals surface area contributed by atoms with Crippen LogP contribution in [0.25, 0.3) is 23.1 Å². The summed E-state index contributed by atoms with van der Waals surface area (Å²) in [5.41, 5.74) is 2.04. The molecule has 0 fully saturated rings. The number of para-hydroxylation sites is 1. The van der Waals surface area contributed by atoms with E-state index in [0.717, 1.165) is 11.1 Å². The highest BCUT2D eigenvalue weighted by atomic mass is 16.5. The van der Waals surface area contributed by atoms with E-state index in [9.17, 15) is 9.59 Å². The molecule has 4 aromatic rings. The quantitative estimate of drug-likeness (QED) is 0.292. The Morgan fingerprint density at radius 2 is 1.51 bits per heavy atom. The summed E-state index contributed by atoms with van der Waals surface area (Å²) in [6, 6.07) is 17.9. The number of hydrogen-bond donors (Lipinski definition) is 0. The minimum atomic E-state index is -0.183. The fourth-order valence-electron chi connectivity index (χ4n) is 3.63. The number of ether oxygens (including phenoxy) is 4. The van der Waals surface area contributed by atoms with E-state index in [4.69, 9.17) is 18.9 Å². The Labute approximate surface area is 214 Å². The molecule has 8 nitrogen and oxygen atoms in total. The molecule has 0 aliphatic rings. The van der Waals surface area contributed by atoms with Gasteiger partial charge in [-0.15, -0.1) is 0 Å². The minimum absolute atomic E-state index is 0.0378. The van der Waals surface area contributed by atoms with Gasteiger partial charge in [-0.3, -0.25) is 14.2 Å². The molecule has 0 radical (unpaired) electrons. The van der Waals surface area contributed by atoms with E-state index < -0.39 is 0 Å². The predicted molar refractivity (Wildman–Crippen MR) is 142 cm³/mol. The first-order chi connectivity index (χ1) is 18.0. The number of aromatic nitrogens is 2. The Bertz CT molecular complexity index is 1490. The molecule has 188 valence electrons. The van der Waals surface area contributed by atoms with Crippen molar-refractivity contribution in [2.24, 2.45) is 0 Å². The molecule has 0 amide bonds. The number of allylic oxidation sites excluding steroid dienone is 2. The number of carbonyl (C=O) groups is 1. The van der Waals surface area contributed by atoms with Crippen LogP contribution >= 0.6 is 0 Å². The number of ketones is 1. The zero-order chi connectivity index (χ0) is 26.2. The Morgan fingerprint density at radius 1 is 0.865 bits per heavy atom. The molecule has 0 bridgehead atoms. The second kappa shape index (κ2) is 11.7. The number of fused-ring (bicyclic) bond motifs is 1. The molecule has 0 aliphatic heterocycles. The number of methoxy groups -OCH3 is 3. The topological polar surface area (TPSA) is 88.9 Å². The Morgan fingerprint density at radius 3 is 2.16 bits per heavy atom. The highest BCUT2D eigenvalue weighted by molar-refractivity contribution is 6.04. The van der Waals surface area contributed by atoms with Crippen molar-refractivity contribution in [2.75, 3.05) is 21.3 Å². The van der Waals surface area contributed by atoms with E-state index in [1.807, 2.05) is 18.2 Å². The van der Waals surface area contributed by atoms with Crippen LogP contribution < -0.4 is 24.5 Å². The highest BCUT2D eigenvalue weighted by Gasteiger charge is 2.12. The molecule has 1 aromatic heterocycles. The molecule has 0 aliphatic carbocycles. The smallest absolute Gasteiger partial charge is 0.263 e. The molecule has 0 saturated carbocycles. The van der Waals surface area contributed by atoms with E-state index in [0.29, 0.717) is 33.9 Å². The summed E-state index contributed by atoms with van der Waals surface area (Å²) in [6.07, 6.45) is 7.80. The maximum atomic E-state index is 12.6. The van der Waals surface area contributed by atoms with Crippen LogP contribution in [0.3, 0.4) is 0 Å². The van der Waals surface area contributed by atoms with Gasteiger partial charge in [0.1, 0.15) is 12.1 Å². The summed E-state index contributed by atoms with van der Waals surface area (Å²) in [6.45, 7) is 0.0378. The van der Waals surface area contributed by atoms with Crippen LogP contribution in [0.4, 0.5) is 0 Å². The van der Waals surface area contributed by atoms with Crippen LogP contribution in [0.5, 0.6) is 23.0 Å². The van der Waals surface area contributed by atoms with Gasteiger partial charge >= 0.3 is 0 Å². The molecule has 37 heavy (non-hydrogen) atoms. The van der Waals surface area contributed by atoms with Crippen LogP contribution in [-0.4, -0.2) is 36.7 Å². The largest absolute Gasteiger partial charge is 0.493 e. The van der Waals surface area contributed by atoms with E-state index in [1.54, 1.807) is 54.6 Å². The summed E-state index contributed by atoms with van der Waals surface area (Å²) in [5.74, 6) is 1.91. The number of benzene rings is 3. The molecule has 4 rings (SSSR count). The second-order valence-corrected chi connectivity index (χ2v) is 7.91. The third-order valence-corrected chi connectivity index (χ3v) is 5.55. The maximum Gasteiger partial charge on any atom is 0.263 e. The molecule has 3 aromatic carbocycles. The van der Waals surface area contributed by atoms with Crippen molar-refractivity contribution in [1.82, 2.24) is 9.55 Å². The van der Waals surface area contributed by atoms with Crippen molar-refractivity contribution in [3.05, 3.63) is 101 Å². The van der Waals surface area contributed by atoms with Crippen molar-refractivity contribution in [3.63, 3.8) is 0 Å². The highest BCUT2D eigenvalue weighted by Crippen LogP contribution is 2.38. The molecule has 0 N–H and O–H groups in total. The molecular weight excluding hydrogens is 472 g/mol. The maximum absolute atomic E-state index is 12.6. The van der Waals surface area contributed by atoms with Crippen molar-refractivity contribution < 1.29 is 23.7 Å². The molecule has 8 heteroatoms. The zero-order valence-corrected chi connectivity index (χ0v) is 20.7. The van der Waals surface area contributed by atoms with Crippen LogP contribution in [0, 0.1) is 0 Å². The van der Waals surface area contributed by atoms with Crippen molar-refractivity contribution in [2.45, 2.75) is 6.73 Å². The predicted octanol–water partition coefficient (Wildman–Crippen LogP) is 4.75. The summed E-state index contributed by atoms with van der Waals surface area (Å²) in [5, 5.41) is 0.540. The van der Waals surface area contributed by atoms with Gasteiger partial charge in [0.25, 0.3) is 5.56 Å². The van der Waals surface area contributed by atoms with E-state index in [2.05, 4.69) is 4.98 Å². The Hall–Kier alpha value is -4.85. The standard InChI is InChI=1S/C29H26N2O6/c1-34-26-16-21(17-27(35-2)28(26)36-3)9-13-22(32)12-8-20-10-14-23(15-11-20)37-19-31-18-30-25-7-5-4-6-24(25)29(31)33/h4-18H,19H2,1-3H3/b12-8+,13-9+. The summed E-state index contributed by atoms with van der Waals surface area (Å²) in [4.78, 5) is 29.2. The normalized spacial score (nSPS) is 11.2. The zero-order valence-electron chi connectivity index (χ0n) is 20.7. The van der Waals surface area contributed by atoms with Gasteiger partial charge in [-0.2, -0.15) is 0 Å². The number of carbonyl (C=O) groups excluding carboxylic acids is 1. The first-order valence-electron chi connectivity index (χ1n) is 11.4. The molecule has 0 unspecified atom stereocenters. The average Bonchev–Trinajstić information content (AvgIpc) is 2.94. The van der Waals surface area contributed by atoms with Crippen molar-refractivity contribution >= 4 is 28.8 Å². The number of hydrogen-bond acceptors (Lipinski definition) is 7. The van der Waals surface area contributed by atoms with Gasteiger partial charge in [-0.25, -0.2) is 4.98 Å². The third-order valence-electron chi connectivity index (χ3n) is 5.55. The molecule has 0 atom stereocenters. The molecular formula is C29H26N2O6. The van der Waals surface area contributed by atoms with Gasteiger partial charge in [0.2, 0.25) is 5.75 Å². The summed E-state index contributed by atoms with van der Waals surface area (Å²) < 4.78 is 23.1. The molecule has 0 spiro atoms. The van der Waals surface area contributed by atoms with Crippen molar-refractivity contribution in [1.29, 1.82) is 0 Å². The number of rotatable bonds is 10. The van der Waals surface area contributed by atoms with Gasteiger partial charge in [0.15, 0.2) is 24.0 Å². The van der Waals surface area contributed by atoms with E-state index in [1.165, 1.54) is 44.4 Å². The molecule has 0 saturated heterocycles. The molecule has 1 heterocycles. The van der Waals surface area contributed by atoms with Crippen LogP contribution in [0.2, 0.25) is 0 Å². The summed E-state index contributed by atoms with van der Waals surface area (Å²) >= 11 is 0. The van der Waals surface area contributed by atoms with Crippen LogP contribution in [0.15, 0.2) is 83.9 Å². The van der Waals surface area contributed by atoms with Crippen LogP contribution in [-0.2, 0) is 11.5 Å². The minimum Gasteiger partial charge on any atom is -0.493 e. The lowest BCUT2D eigenvalue weighted by Gasteiger charge is -2.12.